The Hall–Kier alpha value is -1.87. The van der Waals surface area contributed by atoms with E-state index in [1.807, 2.05) is 7.11 Å². The molecule has 0 radical (unpaired) electrons. The number of methoxy groups -OCH3 is 1. The molecule has 5 rings (SSSR count). The van der Waals surface area contributed by atoms with Crippen LogP contribution in [0.25, 0.3) is 16.3 Å². The first-order chi connectivity index (χ1) is 10.9. The molecule has 1 fully saturated rings. The largest absolute Gasteiger partial charge is 0.377 e. The van der Waals surface area contributed by atoms with Gasteiger partial charge in [-0.05, 0) is 43.6 Å². The van der Waals surface area contributed by atoms with Crippen LogP contribution in [-0.2, 0) is 11.2 Å². The van der Waals surface area contributed by atoms with Gasteiger partial charge in [-0.15, -0.1) is 0 Å². The molecule has 0 bridgehead atoms. The molecule has 3 heteroatoms. The van der Waals surface area contributed by atoms with Crippen molar-refractivity contribution in [1.29, 1.82) is 0 Å². The predicted molar refractivity (Wildman–Crippen MR) is 87.4 cm³/mol. The topological polar surface area (TPSA) is 26.5 Å². The van der Waals surface area contributed by atoms with Crippen LogP contribution in [0, 0.1) is 0 Å². The summed E-state index contributed by atoms with van der Waals surface area (Å²) in [4.78, 5) is 0. The Morgan fingerprint density at radius 2 is 2.05 bits per heavy atom. The lowest BCUT2D eigenvalue weighted by molar-refractivity contribution is 0.0892. The van der Waals surface area contributed by atoms with Crippen LogP contribution in [0.4, 0.5) is 0 Å². The van der Waals surface area contributed by atoms with Gasteiger partial charge in [0.15, 0.2) is 0 Å². The van der Waals surface area contributed by atoms with E-state index in [-0.39, 0.29) is 6.10 Å². The van der Waals surface area contributed by atoms with Crippen LogP contribution in [0.2, 0.25) is 0 Å². The van der Waals surface area contributed by atoms with Crippen molar-refractivity contribution >= 4 is 16.3 Å². The molecule has 1 aromatic carbocycles. The SMILES string of the molecule is COC1CCCc2nn3c(C4CC4)cc4ccccc4c3c21. The molecule has 0 spiro atoms. The number of benzene rings is 1. The zero-order chi connectivity index (χ0) is 14.7. The molecule has 2 aliphatic carbocycles. The summed E-state index contributed by atoms with van der Waals surface area (Å²) >= 11 is 0. The normalized spacial score (nSPS) is 21.4. The first-order valence-electron chi connectivity index (χ1n) is 8.33. The maximum absolute atomic E-state index is 5.80. The highest BCUT2D eigenvalue weighted by atomic mass is 16.5. The van der Waals surface area contributed by atoms with Gasteiger partial charge in [0.1, 0.15) is 0 Å². The summed E-state index contributed by atoms with van der Waals surface area (Å²) in [7, 11) is 1.83. The zero-order valence-corrected chi connectivity index (χ0v) is 12.9. The summed E-state index contributed by atoms with van der Waals surface area (Å²) in [6.07, 6.45) is 6.14. The smallest absolute Gasteiger partial charge is 0.0861 e. The van der Waals surface area contributed by atoms with Gasteiger partial charge in [-0.1, -0.05) is 24.3 Å². The molecule has 2 aromatic heterocycles. The molecule has 0 aliphatic heterocycles. The molecule has 22 heavy (non-hydrogen) atoms. The third kappa shape index (κ3) is 1.69. The fraction of sp³-hybridized carbons (Fsp3) is 0.421. The van der Waals surface area contributed by atoms with Gasteiger partial charge in [0.25, 0.3) is 0 Å². The van der Waals surface area contributed by atoms with Gasteiger partial charge in [0.2, 0.25) is 0 Å². The number of aromatic nitrogens is 2. The molecule has 3 aromatic rings. The van der Waals surface area contributed by atoms with Crippen molar-refractivity contribution in [2.75, 3.05) is 7.11 Å². The molecular formula is C19H20N2O. The number of aryl methyl sites for hydroxylation is 1. The number of rotatable bonds is 2. The molecule has 0 N–H and O–H groups in total. The van der Waals surface area contributed by atoms with Gasteiger partial charge in [-0.3, -0.25) is 0 Å². The lowest BCUT2D eigenvalue weighted by Gasteiger charge is -2.20. The molecular weight excluding hydrogens is 272 g/mol. The van der Waals surface area contributed by atoms with E-state index in [0.29, 0.717) is 5.92 Å². The van der Waals surface area contributed by atoms with E-state index in [1.165, 1.54) is 52.5 Å². The Labute approximate surface area is 129 Å². The average molecular weight is 292 g/mol. The van der Waals surface area contributed by atoms with Gasteiger partial charge in [0.05, 0.1) is 17.3 Å². The van der Waals surface area contributed by atoms with E-state index in [1.54, 1.807) is 0 Å². The summed E-state index contributed by atoms with van der Waals surface area (Å²) < 4.78 is 8.03. The quantitative estimate of drug-likeness (QED) is 0.700. The van der Waals surface area contributed by atoms with Crippen LogP contribution in [0.15, 0.2) is 30.3 Å². The van der Waals surface area contributed by atoms with Gasteiger partial charge in [-0.25, -0.2) is 4.52 Å². The first kappa shape index (κ1) is 12.7. The Balaban J connectivity index is 1.94. The first-order valence-corrected chi connectivity index (χ1v) is 8.33. The van der Waals surface area contributed by atoms with Crippen LogP contribution in [0.1, 0.15) is 54.7 Å². The van der Waals surface area contributed by atoms with Crippen LogP contribution >= 0.6 is 0 Å². The van der Waals surface area contributed by atoms with Crippen molar-refractivity contribution in [3.63, 3.8) is 0 Å². The average Bonchev–Trinajstić information content (AvgIpc) is 3.32. The minimum atomic E-state index is 0.194. The summed E-state index contributed by atoms with van der Waals surface area (Å²) in [5, 5.41) is 7.64. The van der Waals surface area contributed by atoms with E-state index in [9.17, 15) is 0 Å². The number of nitrogens with zero attached hydrogens (tertiary/aromatic N) is 2. The minimum absolute atomic E-state index is 0.194. The maximum Gasteiger partial charge on any atom is 0.0861 e. The van der Waals surface area contributed by atoms with Crippen LogP contribution in [0.3, 0.4) is 0 Å². The predicted octanol–water partition coefficient (Wildman–Crippen LogP) is 4.39. The standard InChI is InChI=1S/C19H20N2O/c1-22-17-8-4-7-15-18(17)19-14-6-3-2-5-13(14)11-16(12-9-10-12)21(19)20-15/h2-3,5-6,11-12,17H,4,7-10H2,1H3. The maximum atomic E-state index is 5.80. The minimum Gasteiger partial charge on any atom is -0.377 e. The number of hydrogen-bond acceptors (Lipinski definition) is 2. The third-order valence-corrected chi connectivity index (χ3v) is 5.24. The molecule has 2 aliphatic rings. The number of hydrogen-bond donors (Lipinski definition) is 0. The zero-order valence-electron chi connectivity index (χ0n) is 12.9. The summed E-state index contributed by atoms with van der Waals surface area (Å²) in [6.45, 7) is 0. The molecule has 1 atom stereocenters. The lowest BCUT2D eigenvalue weighted by atomic mass is 9.92. The van der Waals surface area contributed by atoms with E-state index < -0.39 is 0 Å². The highest BCUT2D eigenvalue weighted by molar-refractivity contribution is 5.98. The highest BCUT2D eigenvalue weighted by Gasteiger charge is 2.31. The molecule has 1 saturated carbocycles. The van der Waals surface area contributed by atoms with E-state index in [4.69, 9.17) is 9.84 Å². The molecule has 1 unspecified atom stereocenters. The van der Waals surface area contributed by atoms with E-state index in [2.05, 4.69) is 34.8 Å². The molecule has 2 heterocycles. The summed E-state index contributed by atoms with van der Waals surface area (Å²) in [5.74, 6) is 0.689. The van der Waals surface area contributed by atoms with Crippen molar-refractivity contribution in [1.82, 2.24) is 9.61 Å². The van der Waals surface area contributed by atoms with Crippen LogP contribution in [0.5, 0.6) is 0 Å². The summed E-state index contributed by atoms with van der Waals surface area (Å²) in [6, 6.07) is 11.1. The Bertz CT molecular complexity index is 876. The lowest BCUT2D eigenvalue weighted by Crippen LogP contribution is -2.10. The number of fused-ring (bicyclic) bond motifs is 5. The monoisotopic (exact) mass is 292 g/mol. The van der Waals surface area contributed by atoms with Gasteiger partial charge in [-0.2, -0.15) is 5.10 Å². The van der Waals surface area contributed by atoms with E-state index in [0.717, 1.165) is 12.8 Å². The van der Waals surface area contributed by atoms with Crippen LogP contribution < -0.4 is 0 Å². The van der Waals surface area contributed by atoms with Gasteiger partial charge >= 0.3 is 0 Å². The highest BCUT2D eigenvalue weighted by Crippen LogP contribution is 2.44. The molecule has 0 amide bonds. The molecule has 0 saturated heterocycles. The Morgan fingerprint density at radius 1 is 1.18 bits per heavy atom. The van der Waals surface area contributed by atoms with Gasteiger partial charge < -0.3 is 4.74 Å². The van der Waals surface area contributed by atoms with Crippen molar-refractivity contribution < 1.29 is 4.74 Å². The van der Waals surface area contributed by atoms with Gasteiger partial charge in [0, 0.05) is 29.7 Å². The second-order valence-corrected chi connectivity index (χ2v) is 6.67. The van der Waals surface area contributed by atoms with E-state index >= 15 is 0 Å². The second-order valence-electron chi connectivity index (χ2n) is 6.67. The van der Waals surface area contributed by atoms with Crippen molar-refractivity contribution in [3.8, 4) is 0 Å². The van der Waals surface area contributed by atoms with Crippen molar-refractivity contribution in [2.45, 2.75) is 44.1 Å². The third-order valence-electron chi connectivity index (χ3n) is 5.24. The fourth-order valence-corrected chi connectivity index (χ4v) is 4.01. The number of pyridine rings is 1. The van der Waals surface area contributed by atoms with Crippen molar-refractivity contribution in [3.05, 3.63) is 47.3 Å². The second kappa shape index (κ2) is 4.56. The summed E-state index contributed by atoms with van der Waals surface area (Å²) in [5.41, 5.74) is 5.27. The Kier molecular flexibility index (Phi) is 2.62. The number of ether oxygens (including phenoxy) is 1. The molecule has 112 valence electrons. The fourth-order valence-electron chi connectivity index (χ4n) is 4.01. The van der Waals surface area contributed by atoms with Crippen molar-refractivity contribution in [2.24, 2.45) is 0 Å². The van der Waals surface area contributed by atoms with Crippen LogP contribution in [-0.4, -0.2) is 16.7 Å². The Morgan fingerprint density at radius 3 is 2.86 bits per heavy atom. The molecule has 3 nitrogen and oxygen atoms in total.